The zero-order chi connectivity index (χ0) is 17.1. The summed E-state index contributed by atoms with van der Waals surface area (Å²) in [4.78, 5) is 12.1. The first kappa shape index (κ1) is 16.3. The highest BCUT2D eigenvalue weighted by Gasteiger charge is 2.18. The molecule has 0 amide bonds. The van der Waals surface area contributed by atoms with Crippen LogP contribution in [0.1, 0.15) is 11.1 Å². The van der Waals surface area contributed by atoms with Gasteiger partial charge in [0.15, 0.2) is 0 Å². The molecule has 0 saturated heterocycles. The smallest absolute Gasteiger partial charge is 0.341 e. The lowest BCUT2D eigenvalue weighted by molar-refractivity contribution is -0.133. The van der Waals surface area contributed by atoms with Gasteiger partial charge in [0.1, 0.15) is 5.57 Å². The molecule has 2 aromatic carbocycles. The van der Waals surface area contributed by atoms with Crippen molar-refractivity contribution in [3.05, 3.63) is 65.2 Å². The van der Waals surface area contributed by atoms with Crippen LogP contribution in [0.25, 0.3) is 26.8 Å². The van der Waals surface area contributed by atoms with Crippen molar-refractivity contribution >= 4 is 33.0 Å². The monoisotopic (exact) mass is 338 g/mol. The molecule has 1 heterocycles. The van der Waals surface area contributed by atoms with Crippen molar-refractivity contribution in [3.8, 4) is 11.1 Å². The Balaban J connectivity index is 2.21. The van der Waals surface area contributed by atoms with Gasteiger partial charge in [0, 0.05) is 15.6 Å². The maximum absolute atomic E-state index is 12.1. The van der Waals surface area contributed by atoms with Crippen molar-refractivity contribution in [1.82, 2.24) is 0 Å². The normalized spacial score (nSPS) is 11.5. The first-order valence-corrected chi connectivity index (χ1v) is 8.42. The molecule has 0 atom stereocenters. The number of rotatable bonds is 4. The van der Waals surface area contributed by atoms with Crippen molar-refractivity contribution < 1.29 is 14.3 Å². The highest BCUT2D eigenvalue weighted by molar-refractivity contribution is 7.17. The standard InChI is InChI=1S/C20H18O3S/c1-13-9-19-16(10-15(13)17(11-22-2)20(21)23-3)18(12-24-19)14-7-5-4-6-8-14/h4-12H,1-3H3/b17-11+. The Morgan fingerprint density at radius 3 is 2.54 bits per heavy atom. The van der Waals surface area contributed by atoms with E-state index in [0.717, 1.165) is 22.1 Å². The fraction of sp³-hybridized carbons (Fsp3) is 0.150. The zero-order valence-corrected chi connectivity index (χ0v) is 14.6. The second-order valence-corrected chi connectivity index (χ2v) is 6.35. The zero-order valence-electron chi connectivity index (χ0n) is 13.8. The van der Waals surface area contributed by atoms with Gasteiger partial charge in [-0.2, -0.15) is 0 Å². The molecule has 0 aliphatic rings. The van der Waals surface area contributed by atoms with Crippen molar-refractivity contribution in [3.63, 3.8) is 0 Å². The maximum Gasteiger partial charge on any atom is 0.341 e. The summed E-state index contributed by atoms with van der Waals surface area (Å²) >= 11 is 1.70. The number of methoxy groups -OCH3 is 2. The molecule has 0 unspecified atom stereocenters. The van der Waals surface area contributed by atoms with Crippen LogP contribution in [0.2, 0.25) is 0 Å². The summed E-state index contributed by atoms with van der Waals surface area (Å²) in [5.41, 5.74) is 4.58. The molecule has 0 spiro atoms. The number of carbonyl (C=O) groups excluding carboxylic acids is 1. The van der Waals surface area contributed by atoms with E-state index in [1.54, 1.807) is 11.3 Å². The molecule has 0 bridgehead atoms. The Morgan fingerprint density at radius 2 is 1.88 bits per heavy atom. The average Bonchev–Trinajstić information content (AvgIpc) is 3.02. The molecule has 0 saturated carbocycles. The number of hydrogen-bond acceptors (Lipinski definition) is 4. The van der Waals surface area contributed by atoms with Crippen LogP contribution in [0, 0.1) is 6.92 Å². The molecule has 0 aliphatic carbocycles. The minimum absolute atomic E-state index is 0.407. The quantitative estimate of drug-likeness (QED) is 0.380. The van der Waals surface area contributed by atoms with E-state index in [9.17, 15) is 4.79 Å². The van der Waals surface area contributed by atoms with Crippen LogP contribution in [0.5, 0.6) is 0 Å². The van der Waals surface area contributed by atoms with E-state index in [1.165, 1.54) is 30.7 Å². The van der Waals surface area contributed by atoms with Crippen molar-refractivity contribution in [2.24, 2.45) is 0 Å². The summed E-state index contributed by atoms with van der Waals surface area (Å²) < 4.78 is 11.2. The number of ether oxygens (including phenoxy) is 2. The van der Waals surface area contributed by atoms with Crippen molar-refractivity contribution in [1.29, 1.82) is 0 Å². The molecule has 3 nitrogen and oxygen atoms in total. The summed E-state index contributed by atoms with van der Waals surface area (Å²) in [5, 5.41) is 3.28. The molecule has 0 fully saturated rings. The third kappa shape index (κ3) is 2.93. The van der Waals surface area contributed by atoms with Crippen LogP contribution in [-0.2, 0) is 14.3 Å². The highest BCUT2D eigenvalue weighted by Crippen LogP contribution is 2.37. The van der Waals surface area contributed by atoms with Gasteiger partial charge in [-0.1, -0.05) is 30.3 Å². The maximum atomic E-state index is 12.1. The lowest BCUT2D eigenvalue weighted by atomic mass is 9.96. The molecule has 4 heteroatoms. The molecule has 0 aliphatic heterocycles. The van der Waals surface area contributed by atoms with Crippen LogP contribution >= 0.6 is 11.3 Å². The third-order valence-electron chi connectivity index (χ3n) is 3.94. The van der Waals surface area contributed by atoms with Crippen LogP contribution in [0.15, 0.2) is 54.1 Å². The molecule has 122 valence electrons. The van der Waals surface area contributed by atoms with Gasteiger partial charge in [0.05, 0.1) is 20.5 Å². The van der Waals surface area contributed by atoms with E-state index in [0.29, 0.717) is 5.57 Å². The van der Waals surface area contributed by atoms with Gasteiger partial charge < -0.3 is 9.47 Å². The fourth-order valence-electron chi connectivity index (χ4n) is 2.76. The van der Waals surface area contributed by atoms with Gasteiger partial charge in [0.2, 0.25) is 0 Å². The minimum Gasteiger partial charge on any atom is -0.503 e. The predicted molar refractivity (Wildman–Crippen MR) is 99.0 cm³/mol. The molecule has 3 rings (SSSR count). The van der Waals surface area contributed by atoms with Gasteiger partial charge in [-0.25, -0.2) is 4.79 Å². The van der Waals surface area contributed by atoms with E-state index in [4.69, 9.17) is 9.47 Å². The number of benzene rings is 2. The number of thiophene rings is 1. The Labute approximate surface area is 145 Å². The second kappa shape index (κ2) is 6.89. The van der Waals surface area contributed by atoms with Crippen LogP contribution in [-0.4, -0.2) is 20.2 Å². The Kier molecular flexibility index (Phi) is 4.67. The molecule has 3 aromatic rings. The Hall–Kier alpha value is -2.59. The largest absolute Gasteiger partial charge is 0.503 e. The SMILES string of the molecule is CO/C=C(/C(=O)OC)c1cc2c(-c3ccccc3)csc2cc1C. The van der Waals surface area contributed by atoms with Gasteiger partial charge >= 0.3 is 5.97 Å². The summed E-state index contributed by atoms with van der Waals surface area (Å²) in [5.74, 6) is -0.407. The fourth-order valence-corrected chi connectivity index (χ4v) is 3.80. The van der Waals surface area contributed by atoms with E-state index < -0.39 is 5.97 Å². The number of esters is 1. The molecule has 24 heavy (non-hydrogen) atoms. The van der Waals surface area contributed by atoms with Crippen molar-refractivity contribution in [2.75, 3.05) is 14.2 Å². The topological polar surface area (TPSA) is 35.5 Å². The van der Waals surface area contributed by atoms with Gasteiger partial charge in [-0.05, 0) is 41.1 Å². The number of aryl methyl sites for hydroxylation is 1. The summed E-state index contributed by atoms with van der Waals surface area (Å²) in [6.07, 6.45) is 1.44. The number of hydrogen-bond donors (Lipinski definition) is 0. The second-order valence-electron chi connectivity index (χ2n) is 5.44. The Bertz CT molecular complexity index is 907. The van der Waals surface area contributed by atoms with E-state index in [1.807, 2.05) is 31.2 Å². The van der Waals surface area contributed by atoms with Crippen LogP contribution < -0.4 is 0 Å². The summed E-state index contributed by atoms with van der Waals surface area (Å²) in [6.45, 7) is 1.99. The minimum atomic E-state index is -0.407. The Morgan fingerprint density at radius 1 is 1.12 bits per heavy atom. The number of fused-ring (bicyclic) bond motifs is 1. The summed E-state index contributed by atoms with van der Waals surface area (Å²) in [6, 6.07) is 14.4. The molecule has 0 radical (unpaired) electrons. The van der Waals surface area contributed by atoms with Gasteiger partial charge in [-0.3, -0.25) is 0 Å². The predicted octanol–water partition coefficient (Wildman–Crippen LogP) is 5.04. The molecule has 1 aromatic heterocycles. The number of carbonyl (C=O) groups is 1. The first-order valence-electron chi connectivity index (χ1n) is 7.54. The lowest BCUT2D eigenvalue weighted by Crippen LogP contribution is -2.05. The van der Waals surface area contributed by atoms with E-state index >= 15 is 0 Å². The van der Waals surface area contributed by atoms with Crippen LogP contribution in [0.3, 0.4) is 0 Å². The van der Waals surface area contributed by atoms with E-state index in [2.05, 4.69) is 23.6 Å². The highest BCUT2D eigenvalue weighted by atomic mass is 32.1. The average molecular weight is 338 g/mol. The first-order chi connectivity index (χ1) is 11.7. The lowest BCUT2D eigenvalue weighted by Gasteiger charge is -2.10. The summed E-state index contributed by atoms with van der Waals surface area (Å²) in [7, 11) is 2.90. The van der Waals surface area contributed by atoms with Gasteiger partial charge in [0.25, 0.3) is 0 Å². The van der Waals surface area contributed by atoms with E-state index in [-0.39, 0.29) is 0 Å². The molecule has 0 N–H and O–H groups in total. The molecular formula is C20H18O3S. The van der Waals surface area contributed by atoms with Crippen LogP contribution in [0.4, 0.5) is 0 Å². The third-order valence-corrected chi connectivity index (χ3v) is 4.88. The van der Waals surface area contributed by atoms with Crippen molar-refractivity contribution in [2.45, 2.75) is 6.92 Å². The molecular weight excluding hydrogens is 320 g/mol. The van der Waals surface area contributed by atoms with Gasteiger partial charge in [-0.15, -0.1) is 11.3 Å².